The molecule has 5 rings (SSSR count). The van der Waals surface area contributed by atoms with Crippen LogP contribution in [0.5, 0.6) is 0 Å². The van der Waals surface area contributed by atoms with E-state index in [2.05, 4.69) is 45.2 Å². The number of benzene rings is 1. The quantitative estimate of drug-likeness (QED) is 0.700. The Labute approximate surface area is 146 Å². The third-order valence-electron chi connectivity index (χ3n) is 5.88. The van der Waals surface area contributed by atoms with Crippen LogP contribution in [0.15, 0.2) is 29.8 Å². The van der Waals surface area contributed by atoms with E-state index < -0.39 is 0 Å². The summed E-state index contributed by atoms with van der Waals surface area (Å²) >= 11 is 1.71. The van der Waals surface area contributed by atoms with Crippen LogP contribution in [0.25, 0.3) is 21.5 Å². The van der Waals surface area contributed by atoms with Crippen LogP contribution in [0, 0.1) is 6.92 Å². The van der Waals surface area contributed by atoms with Crippen molar-refractivity contribution in [3.05, 3.63) is 35.5 Å². The standard InChI is InChI=1S/C19H22N4S/c1-12-11-24-19(21-12)13-3-6-18-14(7-13)10-20-23(18)17-8-15-4-5-16(9-17)22(15)2/h3,6-7,10-11,15-17H,4-5,8-9H2,1-2H3. The third kappa shape index (κ3) is 2.22. The molecular weight excluding hydrogens is 316 g/mol. The second-order valence-electron chi connectivity index (χ2n) is 7.33. The summed E-state index contributed by atoms with van der Waals surface area (Å²) < 4.78 is 2.28. The molecule has 2 fully saturated rings. The first-order valence-corrected chi connectivity index (χ1v) is 9.69. The van der Waals surface area contributed by atoms with Crippen molar-refractivity contribution in [2.45, 2.75) is 50.7 Å². The fourth-order valence-electron chi connectivity index (χ4n) is 4.55. The van der Waals surface area contributed by atoms with E-state index in [1.165, 1.54) is 42.1 Å². The first-order valence-electron chi connectivity index (χ1n) is 8.81. The van der Waals surface area contributed by atoms with E-state index >= 15 is 0 Å². The van der Waals surface area contributed by atoms with Gasteiger partial charge in [0.25, 0.3) is 0 Å². The lowest BCUT2D eigenvalue weighted by molar-refractivity contribution is 0.133. The fraction of sp³-hybridized carbons (Fsp3) is 0.474. The molecule has 0 amide bonds. The summed E-state index contributed by atoms with van der Waals surface area (Å²) in [6.45, 7) is 2.05. The van der Waals surface area contributed by atoms with Gasteiger partial charge in [-0.05, 0) is 57.9 Å². The Morgan fingerprint density at radius 2 is 1.92 bits per heavy atom. The number of hydrogen-bond donors (Lipinski definition) is 0. The number of piperidine rings is 1. The highest BCUT2D eigenvalue weighted by molar-refractivity contribution is 7.13. The highest BCUT2D eigenvalue weighted by Crippen LogP contribution is 2.40. The van der Waals surface area contributed by atoms with E-state index in [0.29, 0.717) is 6.04 Å². The van der Waals surface area contributed by atoms with E-state index in [4.69, 9.17) is 5.10 Å². The molecule has 5 heteroatoms. The number of aromatic nitrogens is 3. The van der Waals surface area contributed by atoms with Gasteiger partial charge in [0.1, 0.15) is 5.01 Å². The summed E-state index contributed by atoms with van der Waals surface area (Å²) in [4.78, 5) is 7.20. The summed E-state index contributed by atoms with van der Waals surface area (Å²) in [6, 6.07) is 8.69. The SMILES string of the molecule is Cc1csc(-c2ccc3c(cnn3C3CC4CCC(C3)N4C)c2)n1. The number of rotatable bonds is 2. The molecule has 24 heavy (non-hydrogen) atoms. The van der Waals surface area contributed by atoms with Crippen LogP contribution in [0.1, 0.15) is 37.4 Å². The Kier molecular flexibility index (Phi) is 3.28. The van der Waals surface area contributed by atoms with Gasteiger partial charge < -0.3 is 4.90 Å². The van der Waals surface area contributed by atoms with Crippen LogP contribution in [0.4, 0.5) is 0 Å². The molecule has 0 N–H and O–H groups in total. The molecule has 124 valence electrons. The molecule has 2 aromatic heterocycles. The van der Waals surface area contributed by atoms with Crippen molar-refractivity contribution in [1.82, 2.24) is 19.7 Å². The third-order valence-corrected chi connectivity index (χ3v) is 6.89. The van der Waals surface area contributed by atoms with Crippen LogP contribution >= 0.6 is 11.3 Å². The van der Waals surface area contributed by atoms with Gasteiger partial charge in [-0.1, -0.05) is 0 Å². The predicted molar refractivity (Wildman–Crippen MR) is 98.4 cm³/mol. The molecule has 0 spiro atoms. The van der Waals surface area contributed by atoms with E-state index in [0.717, 1.165) is 22.8 Å². The van der Waals surface area contributed by atoms with Gasteiger partial charge in [-0.2, -0.15) is 5.10 Å². The normalized spacial score (nSPS) is 27.2. The summed E-state index contributed by atoms with van der Waals surface area (Å²) in [5.74, 6) is 0. The van der Waals surface area contributed by atoms with Gasteiger partial charge in [0, 0.05) is 34.1 Å². The van der Waals surface area contributed by atoms with Crippen LogP contribution in [0.2, 0.25) is 0 Å². The number of thiazole rings is 1. The first kappa shape index (κ1) is 14.6. The number of aryl methyl sites for hydroxylation is 1. The van der Waals surface area contributed by atoms with Crippen LogP contribution in [-0.2, 0) is 0 Å². The molecular formula is C19H22N4S. The summed E-state index contributed by atoms with van der Waals surface area (Å²) in [5.41, 5.74) is 3.55. The fourth-order valence-corrected chi connectivity index (χ4v) is 5.34. The van der Waals surface area contributed by atoms with Gasteiger partial charge >= 0.3 is 0 Å². The first-order chi connectivity index (χ1) is 11.7. The second-order valence-corrected chi connectivity index (χ2v) is 8.19. The number of nitrogens with zero attached hydrogens (tertiary/aromatic N) is 4. The Morgan fingerprint density at radius 1 is 1.12 bits per heavy atom. The summed E-state index contributed by atoms with van der Waals surface area (Å²) in [7, 11) is 2.29. The van der Waals surface area contributed by atoms with Crippen molar-refractivity contribution in [3.63, 3.8) is 0 Å². The van der Waals surface area contributed by atoms with E-state index in [9.17, 15) is 0 Å². The average molecular weight is 338 g/mol. The zero-order valence-corrected chi connectivity index (χ0v) is 15.0. The maximum absolute atomic E-state index is 4.76. The zero-order chi connectivity index (χ0) is 16.3. The Hall–Kier alpha value is -1.72. The minimum absolute atomic E-state index is 0.546. The van der Waals surface area contributed by atoms with Gasteiger partial charge in [0.05, 0.1) is 17.8 Å². The van der Waals surface area contributed by atoms with Crippen molar-refractivity contribution in [3.8, 4) is 10.6 Å². The minimum atomic E-state index is 0.546. The average Bonchev–Trinajstić information content (AvgIpc) is 3.24. The molecule has 0 radical (unpaired) electrons. The van der Waals surface area contributed by atoms with Gasteiger partial charge in [-0.25, -0.2) is 4.98 Å². The minimum Gasteiger partial charge on any atom is -0.300 e. The Morgan fingerprint density at radius 3 is 2.62 bits per heavy atom. The maximum atomic E-state index is 4.76. The van der Waals surface area contributed by atoms with Crippen LogP contribution in [-0.4, -0.2) is 38.8 Å². The van der Waals surface area contributed by atoms with Gasteiger partial charge in [0.2, 0.25) is 0 Å². The topological polar surface area (TPSA) is 34.0 Å². The lowest BCUT2D eigenvalue weighted by atomic mass is 9.98. The molecule has 2 unspecified atom stereocenters. The molecule has 3 aromatic rings. The second kappa shape index (κ2) is 5.39. The van der Waals surface area contributed by atoms with E-state index in [1.54, 1.807) is 11.3 Å². The maximum Gasteiger partial charge on any atom is 0.123 e. The van der Waals surface area contributed by atoms with Gasteiger partial charge in [-0.15, -0.1) is 11.3 Å². The highest BCUT2D eigenvalue weighted by atomic mass is 32.1. The van der Waals surface area contributed by atoms with Crippen molar-refractivity contribution in [1.29, 1.82) is 0 Å². The zero-order valence-electron chi connectivity index (χ0n) is 14.1. The van der Waals surface area contributed by atoms with Crippen LogP contribution < -0.4 is 0 Å². The predicted octanol–water partition coefficient (Wildman–Crippen LogP) is 4.27. The van der Waals surface area contributed by atoms with E-state index in [1.807, 2.05) is 13.1 Å². The van der Waals surface area contributed by atoms with Crippen molar-refractivity contribution in [2.75, 3.05) is 7.05 Å². The van der Waals surface area contributed by atoms with Gasteiger partial charge in [-0.3, -0.25) is 4.68 Å². The molecule has 2 atom stereocenters. The molecule has 2 bridgehead atoms. The lowest BCUT2D eigenvalue weighted by Gasteiger charge is -2.36. The molecule has 2 aliphatic heterocycles. The van der Waals surface area contributed by atoms with Crippen molar-refractivity contribution < 1.29 is 0 Å². The summed E-state index contributed by atoms with van der Waals surface area (Å²) in [6.07, 6.45) is 7.20. The van der Waals surface area contributed by atoms with E-state index in [-0.39, 0.29) is 0 Å². The molecule has 0 aliphatic carbocycles. The lowest BCUT2D eigenvalue weighted by Crippen LogP contribution is -2.40. The molecule has 4 heterocycles. The van der Waals surface area contributed by atoms with Crippen molar-refractivity contribution >= 4 is 22.2 Å². The number of hydrogen-bond acceptors (Lipinski definition) is 4. The monoisotopic (exact) mass is 338 g/mol. The van der Waals surface area contributed by atoms with Gasteiger partial charge in [0.15, 0.2) is 0 Å². The molecule has 2 aliphatic rings. The summed E-state index contributed by atoms with van der Waals surface area (Å²) in [5, 5.41) is 9.20. The van der Waals surface area contributed by atoms with Crippen LogP contribution in [0.3, 0.4) is 0 Å². The molecule has 4 nitrogen and oxygen atoms in total. The Balaban J connectivity index is 1.50. The smallest absolute Gasteiger partial charge is 0.123 e. The largest absolute Gasteiger partial charge is 0.300 e. The Bertz CT molecular complexity index is 882. The van der Waals surface area contributed by atoms with Crippen molar-refractivity contribution in [2.24, 2.45) is 0 Å². The number of fused-ring (bicyclic) bond motifs is 3. The molecule has 0 saturated carbocycles. The highest BCUT2D eigenvalue weighted by Gasteiger charge is 2.39. The molecule has 2 saturated heterocycles. The molecule has 1 aromatic carbocycles.